The van der Waals surface area contributed by atoms with Gasteiger partial charge in [0.15, 0.2) is 0 Å². The molecule has 0 aromatic carbocycles. The van der Waals surface area contributed by atoms with Gasteiger partial charge in [0.05, 0.1) is 6.26 Å². The third kappa shape index (κ3) is 5.16. The number of nitrogens with one attached hydrogen (secondary N) is 2. The summed E-state index contributed by atoms with van der Waals surface area (Å²) in [5, 5.41) is 5.76. The van der Waals surface area contributed by atoms with Gasteiger partial charge in [0, 0.05) is 17.5 Å². The molecular formula is C14H24N2O2S2. The Morgan fingerprint density at radius 3 is 2.70 bits per heavy atom. The summed E-state index contributed by atoms with van der Waals surface area (Å²) in [6.45, 7) is 1.36. The van der Waals surface area contributed by atoms with Crippen LogP contribution in [0.1, 0.15) is 43.0 Å². The second kappa shape index (κ2) is 7.54. The summed E-state index contributed by atoms with van der Waals surface area (Å²) in [6.07, 6.45) is 7.30. The molecule has 0 spiro atoms. The van der Waals surface area contributed by atoms with Gasteiger partial charge in [0.1, 0.15) is 0 Å². The van der Waals surface area contributed by atoms with Crippen LogP contribution in [0.4, 0.5) is 0 Å². The molecule has 0 bridgehead atoms. The fourth-order valence-corrected chi connectivity index (χ4v) is 4.27. The Hall–Kier alpha value is -0.430. The van der Waals surface area contributed by atoms with Crippen LogP contribution in [0.5, 0.6) is 0 Å². The highest BCUT2D eigenvalue weighted by atomic mass is 32.2. The van der Waals surface area contributed by atoms with Gasteiger partial charge >= 0.3 is 0 Å². The molecule has 1 aliphatic carbocycles. The summed E-state index contributed by atoms with van der Waals surface area (Å²) in [6, 6.07) is 4.75. The van der Waals surface area contributed by atoms with E-state index in [1.54, 1.807) is 0 Å². The third-order valence-electron chi connectivity index (χ3n) is 3.80. The van der Waals surface area contributed by atoms with Gasteiger partial charge in [-0.05, 0) is 43.2 Å². The van der Waals surface area contributed by atoms with E-state index in [-0.39, 0.29) is 0 Å². The molecule has 20 heavy (non-hydrogen) atoms. The van der Waals surface area contributed by atoms with Crippen LogP contribution < -0.4 is 10.0 Å². The van der Waals surface area contributed by atoms with Gasteiger partial charge < -0.3 is 5.32 Å². The summed E-state index contributed by atoms with van der Waals surface area (Å²) < 4.78 is 24.5. The first kappa shape index (κ1) is 15.9. The average Bonchev–Trinajstić information content (AvgIpc) is 3.05. The van der Waals surface area contributed by atoms with Crippen LogP contribution in [0, 0.1) is 5.92 Å². The molecule has 0 radical (unpaired) electrons. The van der Waals surface area contributed by atoms with Crippen LogP contribution >= 0.6 is 11.3 Å². The first-order valence-corrected chi connectivity index (χ1v) is 10.0. The van der Waals surface area contributed by atoms with Crippen molar-refractivity contribution >= 4 is 21.4 Å². The zero-order valence-electron chi connectivity index (χ0n) is 12.0. The highest BCUT2D eigenvalue weighted by Crippen LogP contribution is 2.37. The number of sulfonamides is 1. The van der Waals surface area contributed by atoms with Crippen molar-refractivity contribution in [1.82, 2.24) is 10.0 Å². The van der Waals surface area contributed by atoms with Gasteiger partial charge in [0.2, 0.25) is 10.0 Å². The molecule has 1 aromatic rings. The lowest BCUT2D eigenvalue weighted by Gasteiger charge is -2.24. The van der Waals surface area contributed by atoms with E-state index >= 15 is 0 Å². The number of hydrogen-bond acceptors (Lipinski definition) is 4. The van der Waals surface area contributed by atoms with E-state index in [2.05, 4.69) is 27.6 Å². The van der Waals surface area contributed by atoms with E-state index in [1.807, 2.05) is 11.3 Å². The van der Waals surface area contributed by atoms with Crippen molar-refractivity contribution in [3.05, 3.63) is 22.4 Å². The largest absolute Gasteiger partial charge is 0.309 e. The molecule has 1 saturated carbocycles. The number of rotatable bonds is 8. The van der Waals surface area contributed by atoms with Gasteiger partial charge in [0.25, 0.3) is 0 Å². The van der Waals surface area contributed by atoms with Gasteiger partial charge in [-0.15, -0.1) is 11.3 Å². The molecule has 1 heterocycles. The molecular weight excluding hydrogens is 292 g/mol. The quantitative estimate of drug-likeness (QED) is 0.725. The monoisotopic (exact) mass is 316 g/mol. The van der Waals surface area contributed by atoms with E-state index in [9.17, 15) is 8.42 Å². The lowest BCUT2D eigenvalue weighted by molar-refractivity contribution is 0.371. The summed E-state index contributed by atoms with van der Waals surface area (Å²) in [5.74, 6) is 0.733. The SMILES string of the molecule is CS(=O)(=O)NCCCNC(c1cccs1)C1CCCC1. The Morgan fingerprint density at radius 1 is 1.35 bits per heavy atom. The minimum absolute atomic E-state index is 0.440. The molecule has 6 heteroatoms. The Morgan fingerprint density at radius 2 is 2.10 bits per heavy atom. The predicted octanol–water partition coefficient (Wildman–Crippen LogP) is 2.51. The Kier molecular flexibility index (Phi) is 6.01. The zero-order valence-corrected chi connectivity index (χ0v) is 13.6. The first-order chi connectivity index (χ1) is 9.56. The van der Waals surface area contributed by atoms with Crippen LogP contribution in [0.25, 0.3) is 0 Å². The summed E-state index contributed by atoms with van der Waals surface area (Å²) in [7, 11) is -3.06. The molecule has 1 unspecified atom stereocenters. The molecule has 4 nitrogen and oxygen atoms in total. The normalized spacial score (nSPS) is 18.4. The molecule has 2 rings (SSSR count). The van der Waals surface area contributed by atoms with Crippen molar-refractivity contribution in [3.63, 3.8) is 0 Å². The Labute approximate surface area is 126 Å². The van der Waals surface area contributed by atoms with Gasteiger partial charge in [-0.1, -0.05) is 18.9 Å². The van der Waals surface area contributed by atoms with Crippen molar-refractivity contribution < 1.29 is 8.42 Å². The van der Waals surface area contributed by atoms with Gasteiger partial charge in [-0.25, -0.2) is 13.1 Å². The minimum Gasteiger partial charge on any atom is -0.309 e. The second-order valence-electron chi connectivity index (χ2n) is 5.51. The van der Waals surface area contributed by atoms with E-state index in [0.29, 0.717) is 12.6 Å². The van der Waals surface area contributed by atoms with Gasteiger partial charge in [-0.3, -0.25) is 0 Å². The topological polar surface area (TPSA) is 58.2 Å². The van der Waals surface area contributed by atoms with Gasteiger partial charge in [-0.2, -0.15) is 0 Å². The summed E-state index contributed by atoms with van der Waals surface area (Å²) in [4.78, 5) is 1.41. The maximum atomic E-state index is 11.0. The fraction of sp³-hybridized carbons (Fsp3) is 0.714. The average molecular weight is 316 g/mol. The van der Waals surface area contributed by atoms with Crippen LogP contribution in [0.3, 0.4) is 0 Å². The lowest BCUT2D eigenvalue weighted by atomic mass is 9.96. The highest BCUT2D eigenvalue weighted by Gasteiger charge is 2.26. The maximum absolute atomic E-state index is 11.0. The van der Waals surface area contributed by atoms with Crippen molar-refractivity contribution in [2.24, 2.45) is 5.92 Å². The maximum Gasteiger partial charge on any atom is 0.208 e. The van der Waals surface area contributed by atoms with Crippen LogP contribution in [0.2, 0.25) is 0 Å². The van der Waals surface area contributed by atoms with E-state index < -0.39 is 10.0 Å². The molecule has 0 aliphatic heterocycles. The first-order valence-electron chi connectivity index (χ1n) is 7.28. The number of thiophene rings is 1. The Balaban J connectivity index is 1.79. The number of hydrogen-bond donors (Lipinski definition) is 2. The smallest absolute Gasteiger partial charge is 0.208 e. The summed E-state index contributed by atoms with van der Waals surface area (Å²) in [5.41, 5.74) is 0. The molecule has 1 aliphatic rings. The van der Waals surface area contributed by atoms with Crippen LogP contribution in [-0.2, 0) is 10.0 Å². The van der Waals surface area contributed by atoms with Crippen molar-refractivity contribution in [1.29, 1.82) is 0 Å². The van der Waals surface area contributed by atoms with Crippen molar-refractivity contribution in [2.75, 3.05) is 19.3 Å². The van der Waals surface area contributed by atoms with Crippen molar-refractivity contribution in [2.45, 2.75) is 38.1 Å². The highest BCUT2D eigenvalue weighted by molar-refractivity contribution is 7.88. The standard InChI is InChI=1S/C14H24N2O2S2/c1-20(17,18)16-10-5-9-15-14(12-6-2-3-7-12)13-8-4-11-19-13/h4,8,11-12,14-16H,2-3,5-7,9-10H2,1H3. The zero-order chi connectivity index (χ0) is 14.4. The Bertz CT molecular complexity index is 479. The predicted molar refractivity (Wildman–Crippen MR) is 84.5 cm³/mol. The lowest BCUT2D eigenvalue weighted by Crippen LogP contribution is -2.30. The van der Waals surface area contributed by atoms with Crippen molar-refractivity contribution in [3.8, 4) is 0 Å². The third-order valence-corrected chi connectivity index (χ3v) is 5.49. The van der Waals surface area contributed by atoms with E-state index in [0.717, 1.165) is 18.9 Å². The molecule has 2 N–H and O–H groups in total. The van der Waals surface area contributed by atoms with Crippen LogP contribution in [-0.4, -0.2) is 27.8 Å². The molecule has 114 valence electrons. The molecule has 1 atom stereocenters. The molecule has 1 aromatic heterocycles. The summed E-state index contributed by atoms with van der Waals surface area (Å²) >= 11 is 1.81. The minimum atomic E-state index is -3.06. The van der Waals surface area contributed by atoms with Crippen LogP contribution in [0.15, 0.2) is 17.5 Å². The van der Waals surface area contributed by atoms with E-state index in [1.165, 1.54) is 36.8 Å². The molecule has 1 fully saturated rings. The second-order valence-corrected chi connectivity index (χ2v) is 8.32. The molecule has 0 amide bonds. The molecule has 0 saturated heterocycles. The van der Waals surface area contributed by atoms with E-state index in [4.69, 9.17) is 0 Å². The fourth-order valence-electron chi connectivity index (χ4n) is 2.86.